The number of hydrogen-bond donors (Lipinski definition) is 2. The van der Waals surface area contributed by atoms with Gasteiger partial charge < -0.3 is 25.1 Å². The van der Waals surface area contributed by atoms with Gasteiger partial charge in [-0.05, 0) is 49.0 Å². The molecule has 0 bridgehead atoms. The SMILES string of the molecule is C=C(/N=C(\C=C/N)C(C)(C)c1cccc(OC)c1)Nc1ccc(-n2cnc(C)c2)c(OC)c1. The molecule has 0 saturated carbocycles. The summed E-state index contributed by atoms with van der Waals surface area (Å²) in [7, 11) is 3.29. The van der Waals surface area contributed by atoms with Gasteiger partial charge in [0, 0.05) is 23.4 Å². The molecule has 0 aliphatic carbocycles. The number of rotatable bonds is 9. The summed E-state index contributed by atoms with van der Waals surface area (Å²) < 4.78 is 12.9. The predicted octanol–water partition coefficient (Wildman–Crippen LogP) is 4.97. The first-order valence-electron chi connectivity index (χ1n) is 10.6. The number of aromatic nitrogens is 2. The maximum atomic E-state index is 5.74. The van der Waals surface area contributed by atoms with E-state index in [1.165, 1.54) is 6.20 Å². The molecule has 0 radical (unpaired) electrons. The summed E-state index contributed by atoms with van der Waals surface area (Å²) in [5.41, 5.74) is 9.74. The Balaban J connectivity index is 1.87. The number of imidazole rings is 1. The van der Waals surface area contributed by atoms with Crippen LogP contribution in [0.5, 0.6) is 11.5 Å². The van der Waals surface area contributed by atoms with Crippen LogP contribution in [0, 0.1) is 6.92 Å². The van der Waals surface area contributed by atoms with Gasteiger partial charge in [-0.1, -0.05) is 32.6 Å². The quantitative estimate of drug-likeness (QED) is 0.454. The van der Waals surface area contributed by atoms with Crippen LogP contribution in [-0.4, -0.2) is 29.5 Å². The van der Waals surface area contributed by atoms with E-state index >= 15 is 0 Å². The number of allylic oxidation sites excluding steroid dienone is 1. The number of hydrogen-bond acceptors (Lipinski definition) is 6. The zero-order valence-corrected chi connectivity index (χ0v) is 19.8. The van der Waals surface area contributed by atoms with Crippen molar-refractivity contribution in [2.45, 2.75) is 26.2 Å². The van der Waals surface area contributed by atoms with Crippen LogP contribution >= 0.6 is 0 Å². The molecule has 0 amide bonds. The summed E-state index contributed by atoms with van der Waals surface area (Å²) in [6.45, 7) is 10.2. The van der Waals surface area contributed by atoms with Crippen LogP contribution in [0.25, 0.3) is 5.69 Å². The second-order valence-electron chi connectivity index (χ2n) is 8.09. The van der Waals surface area contributed by atoms with Crippen molar-refractivity contribution in [2.24, 2.45) is 10.7 Å². The van der Waals surface area contributed by atoms with Gasteiger partial charge in [-0.2, -0.15) is 0 Å². The number of aryl methyl sites for hydroxylation is 1. The van der Waals surface area contributed by atoms with Crippen molar-refractivity contribution in [3.63, 3.8) is 0 Å². The third kappa shape index (κ3) is 5.44. The van der Waals surface area contributed by atoms with Crippen LogP contribution in [0.3, 0.4) is 0 Å². The minimum atomic E-state index is -0.435. The highest BCUT2D eigenvalue weighted by Crippen LogP contribution is 2.30. The van der Waals surface area contributed by atoms with Gasteiger partial charge in [-0.15, -0.1) is 0 Å². The number of ether oxygens (including phenoxy) is 2. The lowest BCUT2D eigenvalue weighted by Gasteiger charge is -2.26. The van der Waals surface area contributed by atoms with E-state index in [0.29, 0.717) is 11.6 Å². The Morgan fingerprint density at radius 3 is 2.61 bits per heavy atom. The first kappa shape index (κ1) is 23.7. The Morgan fingerprint density at radius 2 is 1.97 bits per heavy atom. The number of aliphatic imine (C=N–C) groups is 1. The molecule has 0 atom stereocenters. The number of nitrogens with zero attached hydrogens (tertiary/aromatic N) is 3. The highest BCUT2D eigenvalue weighted by atomic mass is 16.5. The molecule has 33 heavy (non-hydrogen) atoms. The van der Waals surface area contributed by atoms with E-state index in [0.717, 1.165) is 34.1 Å². The van der Waals surface area contributed by atoms with Crippen LogP contribution in [0.4, 0.5) is 5.69 Å². The van der Waals surface area contributed by atoms with Crippen LogP contribution in [-0.2, 0) is 5.41 Å². The maximum absolute atomic E-state index is 5.74. The molecule has 0 fully saturated rings. The number of nitrogens with one attached hydrogen (secondary N) is 1. The van der Waals surface area contributed by atoms with Crippen LogP contribution in [0.1, 0.15) is 25.1 Å². The molecule has 0 aliphatic rings. The van der Waals surface area contributed by atoms with Crippen molar-refractivity contribution in [1.29, 1.82) is 0 Å². The van der Waals surface area contributed by atoms with Crippen molar-refractivity contribution < 1.29 is 9.47 Å². The van der Waals surface area contributed by atoms with Crippen molar-refractivity contribution in [2.75, 3.05) is 19.5 Å². The van der Waals surface area contributed by atoms with E-state index in [4.69, 9.17) is 20.2 Å². The van der Waals surface area contributed by atoms with Gasteiger partial charge in [-0.25, -0.2) is 9.98 Å². The van der Waals surface area contributed by atoms with Gasteiger partial charge in [0.25, 0.3) is 0 Å². The summed E-state index contributed by atoms with van der Waals surface area (Å²) in [5.74, 6) is 1.97. The van der Waals surface area contributed by atoms with E-state index in [1.54, 1.807) is 26.6 Å². The lowest BCUT2D eigenvalue weighted by Crippen LogP contribution is -2.28. The average Bonchev–Trinajstić information content (AvgIpc) is 3.24. The van der Waals surface area contributed by atoms with Crippen molar-refractivity contribution in [3.8, 4) is 17.2 Å². The number of anilines is 1. The minimum Gasteiger partial charge on any atom is -0.497 e. The lowest BCUT2D eigenvalue weighted by atomic mass is 9.79. The number of benzene rings is 2. The molecule has 3 rings (SSSR count). The molecule has 1 aromatic heterocycles. The zero-order chi connectivity index (χ0) is 24.0. The third-order valence-electron chi connectivity index (χ3n) is 5.40. The highest BCUT2D eigenvalue weighted by molar-refractivity contribution is 6.03. The summed E-state index contributed by atoms with van der Waals surface area (Å²) in [6.07, 6.45) is 6.98. The summed E-state index contributed by atoms with van der Waals surface area (Å²) >= 11 is 0. The van der Waals surface area contributed by atoms with Crippen molar-refractivity contribution in [1.82, 2.24) is 9.55 Å². The normalized spacial score (nSPS) is 12.1. The topological polar surface area (TPSA) is 86.7 Å². The van der Waals surface area contributed by atoms with E-state index in [2.05, 4.69) is 30.7 Å². The van der Waals surface area contributed by atoms with Gasteiger partial charge in [-0.3, -0.25) is 0 Å². The predicted molar refractivity (Wildman–Crippen MR) is 134 cm³/mol. The largest absolute Gasteiger partial charge is 0.497 e. The lowest BCUT2D eigenvalue weighted by molar-refractivity contribution is 0.413. The molecular formula is C26H31N5O2. The standard InChI is InChI=1S/C26H31N5O2/c1-18-16-31(17-28-18)23-11-10-21(15-24(23)33-6)29-19(2)30-25(12-13-27)26(3,4)20-8-7-9-22(14-20)32-5/h7-17,29H,2,27H2,1,3-6H3/b13-12-,30-25+. The molecule has 0 unspecified atom stereocenters. The molecule has 7 heteroatoms. The first-order chi connectivity index (χ1) is 15.8. The third-order valence-corrected chi connectivity index (χ3v) is 5.40. The summed E-state index contributed by atoms with van der Waals surface area (Å²) in [5, 5.41) is 3.25. The second kappa shape index (κ2) is 10.1. The van der Waals surface area contributed by atoms with Gasteiger partial charge in [0.05, 0.1) is 37.6 Å². The van der Waals surface area contributed by atoms with Gasteiger partial charge in [0.1, 0.15) is 17.3 Å². The number of methoxy groups -OCH3 is 2. The van der Waals surface area contributed by atoms with E-state index in [9.17, 15) is 0 Å². The van der Waals surface area contributed by atoms with E-state index in [1.807, 2.05) is 60.2 Å². The van der Waals surface area contributed by atoms with E-state index < -0.39 is 5.41 Å². The molecule has 0 spiro atoms. The van der Waals surface area contributed by atoms with Crippen molar-refractivity contribution >= 4 is 11.4 Å². The molecule has 172 valence electrons. The molecule has 1 heterocycles. The smallest absolute Gasteiger partial charge is 0.144 e. The highest BCUT2D eigenvalue weighted by Gasteiger charge is 2.26. The fraction of sp³-hybridized carbons (Fsp3) is 0.231. The molecule has 7 nitrogen and oxygen atoms in total. The Morgan fingerprint density at radius 1 is 1.18 bits per heavy atom. The molecule has 0 saturated heterocycles. The fourth-order valence-corrected chi connectivity index (χ4v) is 3.50. The van der Waals surface area contributed by atoms with Gasteiger partial charge in [0.2, 0.25) is 0 Å². The second-order valence-corrected chi connectivity index (χ2v) is 8.09. The Bertz CT molecular complexity index is 1190. The maximum Gasteiger partial charge on any atom is 0.144 e. The monoisotopic (exact) mass is 445 g/mol. The first-order valence-corrected chi connectivity index (χ1v) is 10.6. The Labute approximate surface area is 195 Å². The molecule has 2 aromatic carbocycles. The zero-order valence-electron chi connectivity index (χ0n) is 19.8. The fourth-order valence-electron chi connectivity index (χ4n) is 3.50. The van der Waals surface area contributed by atoms with Crippen LogP contribution in [0.2, 0.25) is 0 Å². The Hall–Kier alpha value is -4.00. The van der Waals surface area contributed by atoms with Crippen LogP contribution < -0.4 is 20.5 Å². The van der Waals surface area contributed by atoms with Crippen LogP contribution in [0.15, 0.2) is 84.7 Å². The Kier molecular flexibility index (Phi) is 7.23. The van der Waals surface area contributed by atoms with Crippen molar-refractivity contribution in [3.05, 3.63) is 90.9 Å². The molecular weight excluding hydrogens is 414 g/mol. The number of nitrogens with two attached hydrogens (primary N) is 1. The molecule has 3 aromatic rings. The summed E-state index contributed by atoms with van der Waals surface area (Å²) in [6, 6.07) is 13.7. The van der Waals surface area contributed by atoms with E-state index in [-0.39, 0.29) is 0 Å². The van der Waals surface area contributed by atoms with Gasteiger partial charge in [0.15, 0.2) is 0 Å². The molecule has 3 N–H and O–H groups in total. The summed E-state index contributed by atoms with van der Waals surface area (Å²) in [4.78, 5) is 9.04. The van der Waals surface area contributed by atoms with Gasteiger partial charge >= 0.3 is 0 Å². The minimum absolute atomic E-state index is 0.435. The molecule has 0 aliphatic heterocycles. The average molecular weight is 446 g/mol.